The zero-order valence-corrected chi connectivity index (χ0v) is 16.7. The molecule has 9 heteroatoms. The fourth-order valence-electron chi connectivity index (χ4n) is 4.26. The molecule has 2 fully saturated rings. The van der Waals surface area contributed by atoms with Crippen LogP contribution >= 0.6 is 24.8 Å². The van der Waals surface area contributed by atoms with Gasteiger partial charge in [-0.05, 0) is 63.7 Å². The van der Waals surface area contributed by atoms with E-state index in [1.165, 1.54) is 38.8 Å². The van der Waals surface area contributed by atoms with Gasteiger partial charge in [-0.25, -0.2) is 4.98 Å². The van der Waals surface area contributed by atoms with Gasteiger partial charge >= 0.3 is 0 Å². The summed E-state index contributed by atoms with van der Waals surface area (Å²) >= 11 is 0. The van der Waals surface area contributed by atoms with Crippen LogP contribution in [0, 0.1) is 11.8 Å². The zero-order valence-electron chi connectivity index (χ0n) is 15.1. The molecule has 0 bridgehead atoms. The fourth-order valence-corrected chi connectivity index (χ4v) is 4.26. The third kappa shape index (κ3) is 4.39. The molecular weight excluding hydrogens is 375 g/mol. The Bertz CT molecular complexity index is 762. The van der Waals surface area contributed by atoms with Crippen LogP contribution in [-0.2, 0) is 13.6 Å². The van der Waals surface area contributed by atoms with Crippen molar-refractivity contribution in [2.45, 2.75) is 32.2 Å². The van der Waals surface area contributed by atoms with Crippen LogP contribution in [0.2, 0.25) is 0 Å². The lowest BCUT2D eigenvalue weighted by Gasteiger charge is -2.37. The summed E-state index contributed by atoms with van der Waals surface area (Å²) in [6.07, 6.45) is 6.77. The number of fused-ring (bicyclic) bond motifs is 1. The summed E-state index contributed by atoms with van der Waals surface area (Å²) in [5.74, 6) is 2.52. The summed E-state index contributed by atoms with van der Waals surface area (Å²) in [5.41, 5.74) is 0.575. The van der Waals surface area contributed by atoms with Gasteiger partial charge in [0, 0.05) is 7.05 Å². The number of hydrogen-bond acceptors (Lipinski definition) is 5. The van der Waals surface area contributed by atoms with Gasteiger partial charge in [0.1, 0.15) is 11.2 Å². The quantitative estimate of drug-likeness (QED) is 0.816. The number of nitrogens with one attached hydrogen (secondary N) is 2. The Balaban J connectivity index is 0.00000121. The SMILES string of the molecule is Cl.Cl.Cn1ncc2c(=O)[nH]c(CN3CCC(C4CCNCC4)CC3)nc21. The molecule has 0 spiro atoms. The molecule has 2 aromatic rings. The number of aromatic amines is 1. The Morgan fingerprint density at radius 1 is 1.12 bits per heavy atom. The minimum absolute atomic E-state index is 0. The second-order valence-corrected chi connectivity index (χ2v) is 7.22. The summed E-state index contributed by atoms with van der Waals surface area (Å²) in [4.78, 5) is 22.1. The van der Waals surface area contributed by atoms with Gasteiger partial charge in [-0.15, -0.1) is 24.8 Å². The maximum absolute atomic E-state index is 12.1. The molecule has 4 heterocycles. The molecule has 2 N–H and O–H groups in total. The van der Waals surface area contributed by atoms with Crippen molar-refractivity contribution in [3.8, 4) is 0 Å². The minimum Gasteiger partial charge on any atom is -0.317 e. The zero-order chi connectivity index (χ0) is 16.5. The van der Waals surface area contributed by atoms with E-state index in [9.17, 15) is 4.79 Å². The number of H-pyrrole nitrogens is 1. The monoisotopic (exact) mass is 402 g/mol. The number of aryl methyl sites for hydroxylation is 1. The maximum Gasteiger partial charge on any atom is 0.262 e. The van der Waals surface area contributed by atoms with Crippen LogP contribution in [-0.4, -0.2) is 50.8 Å². The van der Waals surface area contributed by atoms with Crippen LogP contribution in [0.25, 0.3) is 11.0 Å². The van der Waals surface area contributed by atoms with E-state index in [4.69, 9.17) is 0 Å². The van der Waals surface area contributed by atoms with Crippen molar-refractivity contribution in [1.82, 2.24) is 30.0 Å². The van der Waals surface area contributed by atoms with Crippen molar-refractivity contribution in [1.29, 1.82) is 0 Å². The van der Waals surface area contributed by atoms with Gasteiger partial charge < -0.3 is 10.3 Å². The molecule has 2 aliphatic rings. The maximum atomic E-state index is 12.1. The highest BCUT2D eigenvalue weighted by Crippen LogP contribution is 2.31. The topological polar surface area (TPSA) is 78.8 Å². The van der Waals surface area contributed by atoms with E-state index >= 15 is 0 Å². The molecule has 0 aromatic carbocycles. The molecule has 0 aliphatic carbocycles. The third-order valence-electron chi connectivity index (χ3n) is 5.71. The highest BCUT2D eigenvalue weighted by Gasteiger charge is 2.27. The van der Waals surface area contributed by atoms with Crippen molar-refractivity contribution in [2.75, 3.05) is 26.2 Å². The molecule has 4 rings (SSSR count). The van der Waals surface area contributed by atoms with E-state index in [-0.39, 0.29) is 30.4 Å². The number of piperidine rings is 2. The van der Waals surface area contributed by atoms with Crippen molar-refractivity contribution >= 4 is 35.8 Å². The average molecular weight is 403 g/mol. The first-order valence-corrected chi connectivity index (χ1v) is 9.04. The summed E-state index contributed by atoms with van der Waals surface area (Å²) < 4.78 is 1.66. The number of nitrogens with zero attached hydrogens (tertiary/aromatic N) is 4. The normalized spacial score (nSPS) is 19.9. The Labute approximate surface area is 165 Å². The molecular formula is C17H28Cl2N6O. The molecule has 0 unspecified atom stereocenters. The largest absolute Gasteiger partial charge is 0.317 e. The van der Waals surface area contributed by atoms with Crippen molar-refractivity contribution in [3.05, 3.63) is 22.4 Å². The number of halogens is 2. The number of hydrogen-bond donors (Lipinski definition) is 2. The van der Waals surface area contributed by atoms with Gasteiger partial charge in [-0.3, -0.25) is 14.4 Å². The number of likely N-dealkylation sites (tertiary alicyclic amines) is 1. The highest BCUT2D eigenvalue weighted by atomic mass is 35.5. The van der Waals surface area contributed by atoms with Gasteiger partial charge in [0.05, 0.1) is 12.7 Å². The van der Waals surface area contributed by atoms with E-state index < -0.39 is 0 Å². The van der Waals surface area contributed by atoms with E-state index in [0.717, 1.165) is 37.3 Å². The first kappa shape index (κ1) is 21.2. The van der Waals surface area contributed by atoms with Crippen LogP contribution in [0.3, 0.4) is 0 Å². The predicted octanol–water partition coefficient (Wildman–Crippen LogP) is 1.71. The van der Waals surface area contributed by atoms with Crippen molar-refractivity contribution < 1.29 is 0 Å². The lowest BCUT2D eigenvalue weighted by molar-refractivity contribution is 0.124. The average Bonchev–Trinajstić information content (AvgIpc) is 2.98. The molecule has 0 amide bonds. The van der Waals surface area contributed by atoms with E-state index in [2.05, 4.69) is 25.3 Å². The molecule has 2 aliphatic heterocycles. The molecule has 0 radical (unpaired) electrons. The van der Waals surface area contributed by atoms with E-state index in [1.807, 2.05) is 7.05 Å². The van der Waals surface area contributed by atoms with Crippen molar-refractivity contribution in [3.63, 3.8) is 0 Å². The van der Waals surface area contributed by atoms with Crippen LogP contribution in [0.1, 0.15) is 31.5 Å². The smallest absolute Gasteiger partial charge is 0.262 e. The summed E-state index contributed by atoms with van der Waals surface area (Å²) in [6, 6.07) is 0. The molecule has 2 aromatic heterocycles. The Morgan fingerprint density at radius 3 is 2.46 bits per heavy atom. The van der Waals surface area contributed by atoms with Gasteiger partial charge in [-0.2, -0.15) is 5.10 Å². The second-order valence-electron chi connectivity index (χ2n) is 7.22. The fraction of sp³-hybridized carbons (Fsp3) is 0.706. The first-order valence-electron chi connectivity index (χ1n) is 9.04. The number of rotatable bonds is 3. The van der Waals surface area contributed by atoms with Gasteiger partial charge in [0.15, 0.2) is 5.65 Å². The standard InChI is InChI=1S/C17H26N6O.2ClH/c1-22-16-14(10-19-22)17(24)21-15(20-16)11-23-8-4-13(5-9-23)12-2-6-18-7-3-12;;/h10,12-13,18H,2-9,11H2,1H3,(H,20,21,24);2*1H. The lowest BCUT2D eigenvalue weighted by Crippen LogP contribution is -2.39. The Hall–Kier alpha value is -1.15. The third-order valence-corrected chi connectivity index (χ3v) is 5.71. The molecule has 0 saturated carbocycles. The van der Waals surface area contributed by atoms with Crippen LogP contribution in [0.4, 0.5) is 0 Å². The van der Waals surface area contributed by atoms with Gasteiger partial charge in [-0.1, -0.05) is 0 Å². The Kier molecular flexibility index (Phi) is 7.46. The van der Waals surface area contributed by atoms with Crippen LogP contribution in [0.15, 0.2) is 11.0 Å². The summed E-state index contributed by atoms with van der Waals surface area (Å²) in [5, 5.41) is 8.14. The summed E-state index contributed by atoms with van der Waals surface area (Å²) in [6.45, 7) is 5.28. The van der Waals surface area contributed by atoms with Crippen LogP contribution in [0.5, 0.6) is 0 Å². The molecule has 0 atom stereocenters. The van der Waals surface area contributed by atoms with E-state index in [0.29, 0.717) is 11.0 Å². The minimum atomic E-state index is -0.0901. The first-order chi connectivity index (χ1) is 11.7. The van der Waals surface area contributed by atoms with Crippen molar-refractivity contribution in [2.24, 2.45) is 18.9 Å². The molecule has 26 heavy (non-hydrogen) atoms. The van der Waals surface area contributed by atoms with Crippen LogP contribution < -0.4 is 10.9 Å². The Morgan fingerprint density at radius 2 is 1.77 bits per heavy atom. The lowest BCUT2D eigenvalue weighted by atomic mass is 9.79. The molecule has 7 nitrogen and oxygen atoms in total. The molecule has 2 saturated heterocycles. The predicted molar refractivity (Wildman–Crippen MR) is 107 cm³/mol. The summed E-state index contributed by atoms with van der Waals surface area (Å²) in [7, 11) is 1.82. The van der Waals surface area contributed by atoms with Gasteiger partial charge in [0.2, 0.25) is 0 Å². The second kappa shape index (κ2) is 9.17. The van der Waals surface area contributed by atoms with E-state index in [1.54, 1.807) is 10.9 Å². The highest BCUT2D eigenvalue weighted by molar-refractivity contribution is 5.85. The molecule has 146 valence electrons. The van der Waals surface area contributed by atoms with Gasteiger partial charge in [0.25, 0.3) is 5.56 Å². The number of aromatic nitrogens is 4.